The van der Waals surface area contributed by atoms with Gasteiger partial charge in [-0.2, -0.15) is 0 Å². The van der Waals surface area contributed by atoms with Crippen LogP contribution in [-0.2, 0) is 16.0 Å². The molecule has 3 aliphatic rings. The van der Waals surface area contributed by atoms with Crippen molar-refractivity contribution in [3.8, 4) is 11.5 Å². The van der Waals surface area contributed by atoms with Gasteiger partial charge in [-0.05, 0) is 79.3 Å². The van der Waals surface area contributed by atoms with E-state index in [2.05, 4.69) is 29.2 Å². The number of halogens is 1. The van der Waals surface area contributed by atoms with E-state index in [1.165, 1.54) is 5.56 Å². The van der Waals surface area contributed by atoms with Crippen LogP contribution >= 0.6 is 0 Å². The van der Waals surface area contributed by atoms with Gasteiger partial charge in [0.15, 0.2) is 0 Å². The standard InChI is InChI=1S/C33H36FNO4/c1-38-31-19-30(35-15-13-33(14-16-35)12-11-22(20-36)21-39-33)29(34)18-28(31)32-26(23-5-3-2-4-6-23)9-7-24-17-25(37)8-10-27(24)32/h2-6,8,10,17-20,22,26,32,37H,7,9,11-16,21H2,1H3/t22-,26-,32+/m1/s1. The first-order valence-electron chi connectivity index (χ1n) is 14.1. The number of aryl methyl sites for hydroxylation is 1. The average Bonchev–Trinajstić information content (AvgIpc) is 2.98. The average molecular weight is 530 g/mol. The molecule has 3 aromatic carbocycles. The molecule has 0 aromatic heterocycles. The molecule has 1 aliphatic carbocycles. The summed E-state index contributed by atoms with van der Waals surface area (Å²) in [7, 11) is 1.66. The molecular weight excluding hydrogens is 493 g/mol. The van der Waals surface area contributed by atoms with Gasteiger partial charge in [-0.25, -0.2) is 4.39 Å². The molecule has 2 heterocycles. The van der Waals surface area contributed by atoms with Gasteiger partial charge in [-0.1, -0.05) is 36.4 Å². The Morgan fingerprint density at radius 3 is 2.51 bits per heavy atom. The fourth-order valence-corrected chi connectivity index (χ4v) is 7.01. The fourth-order valence-electron chi connectivity index (χ4n) is 7.01. The summed E-state index contributed by atoms with van der Waals surface area (Å²) >= 11 is 0. The molecule has 1 spiro atoms. The summed E-state index contributed by atoms with van der Waals surface area (Å²) in [5, 5.41) is 10.2. The third-order valence-corrected chi connectivity index (χ3v) is 9.23. The van der Waals surface area contributed by atoms with E-state index in [-0.39, 0.29) is 34.9 Å². The first kappa shape index (κ1) is 25.9. The summed E-state index contributed by atoms with van der Waals surface area (Å²) in [6.07, 6.45) is 6.14. The number of benzene rings is 3. The Morgan fingerprint density at radius 2 is 1.82 bits per heavy atom. The lowest BCUT2D eigenvalue weighted by atomic mass is 9.69. The van der Waals surface area contributed by atoms with Crippen LogP contribution in [0.3, 0.4) is 0 Å². The molecule has 5 nitrogen and oxygen atoms in total. The molecule has 0 bridgehead atoms. The Hall–Kier alpha value is -3.38. The number of methoxy groups -OCH3 is 1. The minimum atomic E-state index is -0.245. The monoisotopic (exact) mass is 529 g/mol. The number of aromatic hydroxyl groups is 1. The molecule has 0 radical (unpaired) electrons. The number of piperidine rings is 1. The summed E-state index contributed by atoms with van der Waals surface area (Å²) in [5.74, 6) is 0.755. The number of hydrogen-bond donors (Lipinski definition) is 1. The number of phenols is 1. The van der Waals surface area contributed by atoms with Crippen LogP contribution in [0.5, 0.6) is 11.5 Å². The predicted octanol–water partition coefficient (Wildman–Crippen LogP) is 6.37. The molecule has 0 unspecified atom stereocenters. The zero-order valence-electron chi connectivity index (χ0n) is 22.4. The Balaban J connectivity index is 1.32. The van der Waals surface area contributed by atoms with Crippen LogP contribution in [0, 0.1) is 11.7 Å². The van der Waals surface area contributed by atoms with Gasteiger partial charge in [-0.3, -0.25) is 0 Å². The van der Waals surface area contributed by atoms with Gasteiger partial charge >= 0.3 is 0 Å². The van der Waals surface area contributed by atoms with Crippen LogP contribution in [0.4, 0.5) is 10.1 Å². The minimum Gasteiger partial charge on any atom is -0.508 e. The molecule has 2 saturated heterocycles. The van der Waals surface area contributed by atoms with Crippen molar-refractivity contribution in [2.45, 2.75) is 56.0 Å². The first-order chi connectivity index (χ1) is 19.0. The van der Waals surface area contributed by atoms with E-state index in [1.807, 2.05) is 24.3 Å². The molecular formula is C33H36FNO4. The molecule has 204 valence electrons. The van der Waals surface area contributed by atoms with Crippen LogP contribution < -0.4 is 9.64 Å². The zero-order chi connectivity index (χ0) is 27.0. The fraction of sp³-hybridized carbons (Fsp3) is 0.424. The van der Waals surface area contributed by atoms with E-state index in [1.54, 1.807) is 19.2 Å². The van der Waals surface area contributed by atoms with Gasteiger partial charge in [0.2, 0.25) is 0 Å². The number of carbonyl (C=O) groups excluding carboxylic acids is 1. The summed E-state index contributed by atoms with van der Waals surface area (Å²) in [6, 6.07) is 19.5. The SMILES string of the molecule is COc1cc(N2CCC3(CC[C@H](C=O)CO3)CC2)c(F)cc1[C@@H]1c2ccc(O)cc2CC[C@@H]1c1ccccc1. The van der Waals surface area contributed by atoms with E-state index in [0.29, 0.717) is 31.1 Å². The second-order valence-corrected chi connectivity index (χ2v) is 11.4. The van der Waals surface area contributed by atoms with Gasteiger partial charge < -0.3 is 24.3 Å². The third kappa shape index (κ3) is 4.91. The summed E-state index contributed by atoms with van der Waals surface area (Å²) < 4.78 is 28.1. The molecule has 3 atom stereocenters. The smallest absolute Gasteiger partial charge is 0.147 e. The van der Waals surface area contributed by atoms with Gasteiger partial charge in [0.1, 0.15) is 23.6 Å². The van der Waals surface area contributed by atoms with Crippen molar-refractivity contribution in [3.05, 3.63) is 88.7 Å². The van der Waals surface area contributed by atoms with E-state index in [0.717, 1.165) is 61.5 Å². The zero-order valence-corrected chi connectivity index (χ0v) is 22.4. The molecule has 0 saturated carbocycles. The van der Waals surface area contributed by atoms with Crippen molar-refractivity contribution in [2.24, 2.45) is 5.92 Å². The molecule has 39 heavy (non-hydrogen) atoms. The van der Waals surface area contributed by atoms with Crippen LogP contribution in [0.15, 0.2) is 60.7 Å². The number of rotatable bonds is 5. The lowest BCUT2D eigenvalue weighted by Crippen LogP contribution is -2.49. The number of fused-ring (bicyclic) bond motifs is 1. The van der Waals surface area contributed by atoms with E-state index in [9.17, 15) is 9.90 Å². The minimum absolute atomic E-state index is 0.00324. The maximum Gasteiger partial charge on any atom is 0.147 e. The lowest BCUT2D eigenvalue weighted by Gasteiger charge is -2.45. The van der Waals surface area contributed by atoms with Gasteiger partial charge in [0, 0.05) is 36.6 Å². The molecule has 0 amide bonds. The summed E-state index contributed by atoms with van der Waals surface area (Å²) in [4.78, 5) is 13.2. The van der Waals surface area contributed by atoms with Crippen LogP contribution in [-0.4, -0.2) is 43.8 Å². The summed E-state index contributed by atoms with van der Waals surface area (Å²) in [6.45, 7) is 1.89. The van der Waals surface area contributed by atoms with Crippen molar-refractivity contribution >= 4 is 12.0 Å². The van der Waals surface area contributed by atoms with Crippen LogP contribution in [0.25, 0.3) is 0 Å². The summed E-state index contributed by atoms with van der Waals surface area (Å²) in [5.41, 5.74) is 4.63. The Kier molecular flexibility index (Phi) is 7.06. The van der Waals surface area contributed by atoms with Gasteiger partial charge in [-0.15, -0.1) is 0 Å². The van der Waals surface area contributed by atoms with Crippen molar-refractivity contribution in [1.82, 2.24) is 0 Å². The molecule has 2 fully saturated rings. The lowest BCUT2D eigenvalue weighted by molar-refractivity contribution is -0.132. The molecule has 6 heteroatoms. The van der Waals surface area contributed by atoms with Crippen molar-refractivity contribution in [3.63, 3.8) is 0 Å². The topological polar surface area (TPSA) is 59.0 Å². The number of carbonyl (C=O) groups is 1. The first-order valence-corrected chi connectivity index (χ1v) is 14.1. The van der Waals surface area contributed by atoms with E-state index >= 15 is 4.39 Å². The Labute approximate surface area is 229 Å². The number of nitrogens with zero attached hydrogens (tertiary/aromatic N) is 1. The highest BCUT2D eigenvalue weighted by atomic mass is 19.1. The number of phenolic OH excluding ortho intramolecular Hbond substituents is 1. The van der Waals surface area contributed by atoms with Crippen molar-refractivity contribution < 1.29 is 23.8 Å². The Morgan fingerprint density at radius 1 is 1.03 bits per heavy atom. The maximum absolute atomic E-state index is 16.0. The highest BCUT2D eigenvalue weighted by Crippen LogP contribution is 2.50. The largest absolute Gasteiger partial charge is 0.508 e. The quantitative estimate of drug-likeness (QED) is 0.390. The van der Waals surface area contributed by atoms with Gasteiger partial charge in [0.05, 0.1) is 25.0 Å². The molecule has 6 rings (SSSR count). The number of ether oxygens (including phenoxy) is 2. The normalized spacial score (nSPS) is 24.3. The second kappa shape index (κ2) is 10.6. The van der Waals surface area contributed by atoms with Crippen molar-refractivity contribution in [2.75, 3.05) is 31.7 Å². The van der Waals surface area contributed by atoms with Crippen molar-refractivity contribution in [1.29, 1.82) is 0 Å². The number of anilines is 1. The molecule has 3 aromatic rings. The predicted molar refractivity (Wildman–Crippen MR) is 149 cm³/mol. The third-order valence-electron chi connectivity index (χ3n) is 9.23. The van der Waals surface area contributed by atoms with Crippen LogP contribution in [0.1, 0.15) is 66.2 Å². The number of aldehydes is 1. The highest BCUT2D eigenvalue weighted by molar-refractivity contribution is 5.60. The maximum atomic E-state index is 16.0. The molecule has 2 aliphatic heterocycles. The Bertz CT molecular complexity index is 1330. The molecule has 1 N–H and O–H groups in total. The second-order valence-electron chi connectivity index (χ2n) is 11.4. The van der Waals surface area contributed by atoms with E-state index < -0.39 is 0 Å². The van der Waals surface area contributed by atoms with Crippen LogP contribution in [0.2, 0.25) is 0 Å². The van der Waals surface area contributed by atoms with Gasteiger partial charge in [0.25, 0.3) is 0 Å². The number of hydrogen-bond acceptors (Lipinski definition) is 5. The van der Waals surface area contributed by atoms with E-state index in [4.69, 9.17) is 9.47 Å². The highest BCUT2D eigenvalue weighted by Gasteiger charge is 2.40.